The second-order valence-corrected chi connectivity index (χ2v) is 4.11. The van der Waals surface area contributed by atoms with Crippen LogP contribution >= 0.6 is 31.9 Å². The predicted molar refractivity (Wildman–Crippen MR) is 54.3 cm³/mol. The minimum Gasteiger partial charge on any atom is -0.298 e. The van der Waals surface area contributed by atoms with Crippen LogP contribution in [-0.4, -0.2) is 10.8 Å². The van der Waals surface area contributed by atoms with E-state index in [0.29, 0.717) is 0 Å². The molecule has 0 aromatic carbocycles. The number of ketones is 1. The summed E-state index contributed by atoms with van der Waals surface area (Å²) in [6.07, 6.45) is 1.66. The predicted octanol–water partition coefficient (Wildman–Crippen LogP) is 2.87. The number of pyridine rings is 1. The maximum atomic E-state index is 11.0. The molecule has 0 aliphatic rings. The highest BCUT2D eigenvalue weighted by molar-refractivity contribution is 9.10. The Morgan fingerprint density at radius 2 is 2.33 bits per heavy atom. The molecule has 1 heterocycles. The summed E-state index contributed by atoms with van der Waals surface area (Å²) in [5.74, 6) is 0.0908. The summed E-state index contributed by atoms with van der Waals surface area (Å²) in [7, 11) is 0. The standard InChI is InChI=1S/C8H7Br2NO/c1-5(12)8(10)6-2-3-11-7(9)4-6/h2-4,8H,1H3. The molecule has 0 bridgehead atoms. The first-order valence-electron chi connectivity index (χ1n) is 3.37. The van der Waals surface area contributed by atoms with E-state index in [-0.39, 0.29) is 10.6 Å². The zero-order valence-corrected chi connectivity index (χ0v) is 9.59. The number of rotatable bonds is 2. The molecule has 0 aliphatic heterocycles. The van der Waals surface area contributed by atoms with E-state index in [1.54, 1.807) is 13.1 Å². The van der Waals surface area contributed by atoms with Crippen LogP contribution < -0.4 is 0 Å². The molecule has 0 radical (unpaired) electrons. The Bertz CT molecular complexity index is 301. The summed E-state index contributed by atoms with van der Waals surface area (Å²) in [5.41, 5.74) is 0.921. The Kier molecular flexibility index (Phi) is 3.40. The zero-order valence-electron chi connectivity index (χ0n) is 6.42. The van der Waals surface area contributed by atoms with Gasteiger partial charge >= 0.3 is 0 Å². The van der Waals surface area contributed by atoms with Crippen molar-refractivity contribution >= 4 is 37.6 Å². The molecule has 4 heteroatoms. The van der Waals surface area contributed by atoms with Crippen molar-refractivity contribution in [2.45, 2.75) is 11.8 Å². The van der Waals surface area contributed by atoms with Gasteiger partial charge in [-0.15, -0.1) is 0 Å². The second-order valence-electron chi connectivity index (χ2n) is 2.39. The lowest BCUT2D eigenvalue weighted by Gasteiger charge is -2.04. The van der Waals surface area contributed by atoms with E-state index >= 15 is 0 Å². The van der Waals surface area contributed by atoms with Gasteiger partial charge in [0.2, 0.25) is 0 Å². The number of hydrogen-bond donors (Lipinski definition) is 0. The molecule has 1 aromatic heterocycles. The summed E-state index contributed by atoms with van der Waals surface area (Å²) < 4.78 is 0.741. The smallest absolute Gasteiger partial charge is 0.147 e. The average molecular weight is 293 g/mol. The minimum absolute atomic E-state index is 0.0908. The molecule has 1 aromatic rings. The molecule has 1 unspecified atom stereocenters. The van der Waals surface area contributed by atoms with Crippen LogP contribution in [0.15, 0.2) is 22.9 Å². The van der Waals surface area contributed by atoms with Crippen LogP contribution in [0.2, 0.25) is 0 Å². The largest absolute Gasteiger partial charge is 0.298 e. The van der Waals surface area contributed by atoms with Crippen LogP contribution in [0.4, 0.5) is 0 Å². The summed E-state index contributed by atoms with van der Waals surface area (Å²) in [6.45, 7) is 1.55. The molecule has 1 rings (SSSR count). The molecule has 0 amide bonds. The molecule has 0 aliphatic carbocycles. The number of aromatic nitrogens is 1. The van der Waals surface area contributed by atoms with E-state index < -0.39 is 0 Å². The SMILES string of the molecule is CC(=O)C(Br)c1ccnc(Br)c1. The summed E-state index contributed by atoms with van der Waals surface area (Å²) in [6, 6.07) is 3.63. The van der Waals surface area contributed by atoms with Gasteiger partial charge in [-0.3, -0.25) is 4.79 Å². The van der Waals surface area contributed by atoms with E-state index in [0.717, 1.165) is 10.2 Å². The number of nitrogens with zero attached hydrogens (tertiary/aromatic N) is 1. The highest BCUT2D eigenvalue weighted by atomic mass is 79.9. The van der Waals surface area contributed by atoms with Gasteiger partial charge in [-0.1, -0.05) is 15.9 Å². The van der Waals surface area contributed by atoms with Crippen LogP contribution in [-0.2, 0) is 4.79 Å². The van der Waals surface area contributed by atoms with Crippen molar-refractivity contribution in [3.63, 3.8) is 0 Å². The Morgan fingerprint density at radius 3 is 2.83 bits per heavy atom. The first kappa shape index (κ1) is 9.86. The van der Waals surface area contributed by atoms with Crippen molar-refractivity contribution < 1.29 is 4.79 Å². The molecular formula is C8H7Br2NO. The fourth-order valence-corrected chi connectivity index (χ4v) is 1.48. The Hall–Kier alpha value is -0.220. The molecule has 0 spiro atoms. The maximum Gasteiger partial charge on any atom is 0.147 e. The molecular weight excluding hydrogens is 286 g/mol. The van der Waals surface area contributed by atoms with Crippen LogP contribution in [0.1, 0.15) is 17.3 Å². The molecule has 1 atom stereocenters. The highest BCUT2D eigenvalue weighted by Crippen LogP contribution is 2.24. The molecule has 0 fully saturated rings. The molecule has 0 saturated heterocycles. The third-order valence-corrected chi connectivity index (χ3v) is 3.01. The lowest BCUT2D eigenvalue weighted by atomic mass is 10.1. The van der Waals surface area contributed by atoms with Gasteiger partial charge in [-0.25, -0.2) is 4.98 Å². The van der Waals surface area contributed by atoms with E-state index in [1.165, 1.54) is 0 Å². The quantitative estimate of drug-likeness (QED) is 0.620. The number of carbonyl (C=O) groups excluding carboxylic acids is 1. The third-order valence-electron chi connectivity index (χ3n) is 1.40. The Balaban J connectivity index is 2.95. The normalized spacial score (nSPS) is 12.6. The van der Waals surface area contributed by atoms with E-state index in [9.17, 15) is 4.79 Å². The Labute approximate surface area is 87.6 Å². The van der Waals surface area contributed by atoms with Gasteiger partial charge in [0.15, 0.2) is 0 Å². The van der Waals surface area contributed by atoms with E-state index in [4.69, 9.17) is 0 Å². The summed E-state index contributed by atoms with van der Waals surface area (Å²) in [5, 5.41) is 0. The van der Waals surface area contributed by atoms with Crippen molar-refractivity contribution in [3.8, 4) is 0 Å². The van der Waals surface area contributed by atoms with Crippen LogP contribution in [0, 0.1) is 0 Å². The summed E-state index contributed by atoms with van der Waals surface area (Å²) in [4.78, 5) is 14.7. The van der Waals surface area contributed by atoms with Crippen molar-refractivity contribution in [2.24, 2.45) is 0 Å². The zero-order chi connectivity index (χ0) is 9.14. The first-order chi connectivity index (χ1) is 5.61. The molecule has 64 valence electrons. The van der Waals surface area contributed by atoms with Crippen LogP contribution in [0.5, 0.6) is 0 Å². The lowest BCUT2D eigenvalue weighted by Crippen LogP contribution is -2.00. The van der Waals surface area contributed by atoms with Gasteiger partial charge < -0.3 is 0 Å². The molecule has 2 nitrogen and oxygen atoms in total. The van der Waals surface area contributed by atoms with Crippen molar-refractivity contribution in [3.05, 3.63) is 28.5 Å². The number of carbonyl (C=O) groups is 1. The number of hydrogen-bond acceptors (Lipinski definition) is 2. The fraction of sp³-hybridized carbons (Fsp3) is 0.250. The monoisotopic (exact) mass is 291 g/mol. The number of alkyl halides is 1. The summed E-state index contributed by atoms with van der Waals surface area (Å²) >= 11 is 6.52. The van der Waals surface area contributed by atoms with Crippen LogP contribution in [0.25, 0.3) is 0 Å². The molecule has 12 heavy (non-hydrogen) atoms. The lowest BCUT2D eigenvalue weighted by molar-refractivity contribution is -0.116. The van der Waals surface area contributed by atoms with Crippen molar-refractivity contribution in [2.75, 3.05) is 0 Å². The maximum absolute atomic E-state index is 11.0. The van der Waals surface area contributed by atoms with E-state index in [2.05, 4.69) is 36.8 Å². The fourth-order valence-electron chi connectivity index (χ4n) is 0.810. The van der Waals surface area contributed by atoms with Gasteiger partial charge in [0.1, 0.15) is 10.4 Å². The van der Waals surface area contributed by atoms with Gasteiger partial charge in [0.05, 0.1) is 4.83 Å². The van der Waals surface area contributed by atoms with Gasteiger partial charge in [-0.2, -0.15) is 0 Å². The van der Waals surface area contributed by atoms with Crippen molar-refractivity contribution in [1.29, 1.82) is 0 Å². The van der Waals surface area contributed by atoms with Gasteiger partial charge in [0.25, 0.3) is 0 Å². The molecule has 0 N–H and O–H groups in total. The van der Waals surface area contributed by atoms with Crippen molar-refractivity contribution in [1.82, 2.24) is 4.98 Å². The second kappa shape index (κ2) is 4.14. The number of Topliss-reactive ketones (excluding diaryl/α,β-unsaturated/α-hetero) is 1. The average Bonchev–Trinajstić information content (AvgIpc) is 2.03. The highest BCUT2D eigenvalue weighted by Gasteiger charge is 2.12. The van der Waals surface area contributed by atoms with E-state index in [1.807, 2.05) is 12.1 Å². The van der Waals surface area contributed by atoms with Crippen LogP contribution in [0.3, 0.4) is 0 Å². The number of halogens is 2. The first-order valence-corrected chi connectivity index (χ1v) is 5.08. The molecule has 0 saturated carbocycles. The minimum atomic E-state index is -0.225. The topological polar surface area (TPSA) is 30.0 Å². The Morgan fingerprint density at radius 1 is 1.67 bits per heavy atom. The van der Waals surface area contributed by atoms with Gasteiger partial charge in [0, 0.05) is 6.20 Å². The van der Waals surface area contributed by atoms with Gasteiger partial charge in [-0.05, 0) is 40.5 Å². The third kappa shape index (κ3) is 2.38.